The Morgan fingerprint density at radius 3 is 2.72 bits per heavy atom. The molecule has 2 aromatic heterocycles. The number of rotatable bonds is 5. The van der Waals surface area contributed by atoms with Gasteiger partial charge < -0.3 is 10.2 Å². The number of carbonyl (C=O) groups excluding carboxylic acids is 1. The Labute approximate surface area is 187 Å². The van der Waals surface area contributed by atoms with Crippen molar-refractivity contribution in [3.05, 3.63) is 52.8 Å². The molecule has 7 nitrogen and oxygen atoms in total. The molecule has 4 rings (SSSR count). The van der Waals surface area contributed by atoms with Crippen LogP contribution < -0.4 is 5.32 Å². The molecule has 32 heavy (non-hydrogen) atoms. The molecule has 1 aromatic carbocycles. The maximum absolute atomic E-state index is 13.6. The molecule has 2 atom stereocenters. The highest BCUT2D eigenvalue weighted by Gasteiger charge is 2.35. The Bertz CT molecular complexity index is 1080. The molecule has 3 aromatic rings. The zero-order valence-electron chi connectivity index (χ0n) is 17.6. The standard InChI is InChI=1S/C21H23F3N6OS/c1-13-5-6-16(30-26-7-8-27-30)15(10-13)19(31)29-9-3-4-14(2)17(29)11-25-20-28-18(12-32-20)21(22,23)24/h5-8,10,12,14,17H,3-4,9,11H2,1-2H3,(H,25,28). The van der Waals surface area contributed by atoms with Gasteiger partial charge in [0.05, 0.1) is 29.7 Å². The summed E-state index contributed by atoms with van der Waals surface area (Å²) in [6.07, 6.45) is 0.419. The minimum absolute atomic E-state index is 0.144. The maximum Gasteiger partial charge on any atom is 0.434 e. The highest BCUT2D eigenvalue weighted by molar-refractivity contribution is 7.13. The molecule has 170 valence electrons. The highest BCUT2D eigenvalue weighted by atomic mass is 32.1. The number of aromatic nitrogens is 4. The first-order chi connectivity index (χ1) is 15.2. The molecule has 2 unspecified atom stereocenters. The summed E-state index contributed by atoms with van der Waals surface area (Å²) in [7, 11) is 0. The van der Waals surface area contributed by atoms with Gasteiger partial charge in [0, 0.05) is 18.5 Å². The largest absolute Gasteiger partial charge is 0.434 e. The Morgan fingerprint density at radius 1 is 1.28 bits per heavy atom. The number of hydrogen-bond acceptors (Lipinski definition) is 6. The maximum atomic E-state index is 13.6. The number of nitrogens with one attached hydrogen (secondary N) is 1. The van der Waals surface area contributed by atoms with E-state index in [1.807, 2.05) is 25.1 Å². The summed E-state index contributed by atoms with van der Waals surface area (Å²) >= 11 is 0.909. The van der Waals surface area contributed by atoms with Gasteiger partial charge in [-0.25, -0.2) is 4.98 Å². The van der Waals surface area contributed by atoms with E-state index in [0.29, 0.717) is 24.3 Å². The molecule has 0 spiro atoms. The lowest BCUT2D eigenvalue weighted by atomic mass is 9.90. The number of thiazole rings is 1. The number of aryl methyl sites for hydroxylation is 1. The Hall–Kier alpha value is -2.95. The van der Waals surface area contributed by atoms with Gasteiger partial charge in [0.15, 0.2) is 10.8 Å². The predicted molar refractivity (Wildman–Crippen MR) is 115 cm³/mol. The first-order valence-electron chi connectivity index (χ1n) is 10.3. The molecule has 0 saturated carbocycles. The number of likely N-dealkylation sites (tertiary alicyclic amines) is 1. The SMILES string of the molecule is Cc1ccc(-n2nccn2)c(C(=O)N2CCCC(C)C2CNc2nc(C(F)(F)F)cs2)c1. The van der Waals surface area contributed by atoms with Crippen LogP contribution >= 0.6 is 11.3 Å². The van der Waals surface area contributed by atoms with Gasteiger partial charge in [0.2, 0.25) is 0 Å². The van der Waals surface area contributed by atoms with Crippen molar-refractivity contribution < 1.29 is 18.0 Å². The van der Waals surface area contributed by atoms with E-state index in [9.17, 15) is 18.0 Å². The van der Waals surface area contributed by atoms with Crippen molar-refractivity contribution >= 4 is 22.4 Å². The number of benzene rings is 1. The van der Waals surface area contributed by atoms with Gasteiger partial charge in [-0.2, -0.15) is 28.2 Å². The minimum atomic E-state index is -4.47. The molecular formula is C21H23F3N6OS. The highest BCUT2D eigenvalue weighted by Crippen LogP contribution is 2.32. The summed E-state index contributed by atoms with van der Waals surface area (Å²) in [4.78, 5) is 20.5. The number of nitrogens with zero attached hydrogens (tertiary/aromatic N) is 5. The summed E-state index contributed by atoms with van der Waals surface area (Å²) in [5, 5.41) is 12.5. The fourth-order valence-corrected chi connectivity index (χ4v) is 4.71. The number of piperidine rings is 1. The normalized spacial score (nSPS) is 19.2. The van der Waals surface area contributed by atoms with Crippen LogP contribution in [0.15, 0.2) is 36.0 Å². The molecule has 0 bridgehead atoms. The molecule has 1 amide bonds. The number of halogens is 3. The molecule has 1 N–H and O–H groups in total. The van der Waals surface area contributed by atoms with Crippen LogP contribution in [0.25, 0.3) is 5.69 Å². The number of hydrogen-bond donors (Lipinski definition) is 1. The van der Waals surface area contributed by atoms with E-state index in [2.05, 4.69) is 27.4 Å². The van der Waals surface area contributed by atoms with E-state index in [1.54, 1.807) is 17.3 Å². The van der Waals surface area contributed by atoms with E-state index in [1.165, 1.54) is 4.80 Å². The van der Waals surface area contributed by atoms with Crippen LogP contribution in [-0.2, 0) is 6.18 Å². The molecule has 0 aliphatic carbocycles. The Kier molecular flexibility index (Phi) is 6.18. The van der Waals surface area contributed by atoms with Crippen LogP contribution in [0.5, 0.6) is 0 Å². The van der Waals surface area contributed by atoms with Gasteiger partial charge >= 0.3 is 6.18 Å². The van der Waals surface area contributed by atoms with Gasteiger partial charge in [-0.3, -0.25) is 4.79 Å². The van der Waals surface area contributed by atoms with Crippen molar-refractivity contribution in [2.45, 2.75) is 38.9 Å². The molecule has 3 heterocycles. The average Bonchev–Trinajstić information content (AvgIpc) is 3.44. The zero-order chi connectivity index (χ0) is 22.9. The van der Waals surface area contributed by atoms with Gasteiger partial charge in [-0.05, 0) is 37.8 Å². The van der Waals surface area contributed by atoms with Crippen LogP contribution in [0.4, 0.5) is 18.3 Å². The predicted octanol–water partition coefficient (Wildman–Crippen LogP) is 4.40. The van der Waals surface area contributed by atoms with Crippen molar-refractivity contribution in [2.75, 3.05) is 18.4 Å². The van der Waals surface area contributed by atoms with E-state index in [4.69, 9.17) is 0 Å². The lowest BCUT2D eigenvalue weighted by Gasteiger charge is -2.40. The first kappa shape index (κ1) is 22.3. The van der Waals surface area contributed by atoms with E-state index in [-0.39, 0.29) is 23.0 Å². The average molecular weight is 465 g/mol. The third kappa shape index (κ3) is 4.62. The van der Waals surface area contributed by atoms with E-state index < -0.39 is 11.9 Å². The summed E-state index contributed by atoms with van der Waals surface area (Å²) in [5.74, 6) is 0.0350. The molecule has 0 radical (unpaired) electrons. The third-order valence-electron chi connectivity index (χ3n) is 5.65. The van der Waals surface area contributed by atoms with Crippen molar-refractivity contribution in [3.8, 4) is 5.69 Å². The van der Waals surface area contributed by atoms with E-state index >= 15 is 0 Å². The fraction of sp³-hybridized carbons (Fsp3) is 0.429. The lowest BCUT2D eigenvalue weighted by Crippen LogP contribution is -2.51. The van der Waals surface area contributed by atoms with Crippen LogP contribution in [0.1, 0.15) is 41.4 Å². The van der Waals surface area contributed by atoms with Crippen molar-refractivity contribution in [2.24, 2.45) is 5.92 Å². The number of carbonyl (C=O) groups is 1. The van der Waals surface area contributed by atoms with Crippen LogP contribution in [0.2, 0.25) is 0 Å². The molecule has 1 aliphatic heterocycles. The number of amides is 1. The second-order valence-corrected chi connectivity index (χ2v) is 8.80. The summed E-state index contributed by atoms with van der Waals surface area (Å²) in [5.41, 5.74) is 1.11. The molecule has 11 heteroatoms. The number of anilines is 1. The summed E-state index contributed by atoms with van der Waals surface area (Å²) < 4.78 is 38.6. The molecule has 1 fully saturated rings. The summed E-state index contributed by atoms with van der Waals surface area (Å²) in [6, 6.07) is 5.35. The van der Waals surface area contributed by atoms with Crippen LogP contribution in [-0.4, -0.2) is 49.9 Å². The third-order valence-corrected chi connectivity index (χ3v) is 6.45. The summed E-state index contributed by atoms with van der Waals surface area (Å²) in [6.45, 7) is 4.86. The van der Waals surface area contributed by atoms with Gasteiger partial charge in [-0.15, -0.1) is 11.3 Å². The minimum Gasteiger partial charge on any atom is -0.359 e. The van der Waals surface area contributed by atoms with Crippen molar-refractivity contribution in [1.29, 1.82) is 0 Å². The quantitative estimate of drug-likeness (QED) is 0.606. The van der Waals surface area contributed by atoms with Crippen LogP contribution in [0, 0.1) is 12.8 Å². The van der Waals surface area contributed by atoms with Gasteiger partial charge in [-0.1, -0.05) is 18.6 Å². The second-order valence-electron chi connectivity index (χ2n) is 7.94. The topological polar surface area (TPSA) is 75.9 Å². The Balaban J connectivity index is 1.57. The zero-order valence-corrected chi connectivity index (χ0v) is 18.5. The Morgan fingerprint density at radius 2 is 2.03 bits per heavy atom. The fourth-order valence-electron chi connectivity index (χ4n) is 3.98. The van der Waals surface area contributed by atoms with Crippen molar-refractivity contribution in [3.63, 3.8) is 0 Å². The first-order valence-corrected chi connectivity index (χ1v) is 11.2. The lowest BCUT2D eigenvalue weighted by molar-refractivity contribution is -0.140. The van der Waals surface area contributed by atoms with Crippen LogP contribution in [0.3, 0.4) is 0 Å². The monoisotopic (exact) mass is 464 g/mol. The van der Waals surface area contributed by atoms with Gasteiger partial charge in [0.25, 0.3) is 5.91 Å². The smallest absolute Gasteiger partial charge is 0.359 e. The molecule has 1 aliphatic rings. The van der Waals surface area contributed by atoms with E-state index in [0.717, 1.165) is 35.1 Å². The second kappa shape index (κ2) is 8.89. The number of alkyl halides is 3. The molecular weight excluding hydrogens is 441 g/mol. The van der Waals surface area contributed by atoms with Gasteiger partial charge in [0.1, 0.15) is 0 Å². The van der Waals surface area contributed by atoms with Crippen molar-refractivity contribution in [1.82, 2.24) is 24.9 Å². The molecule has 1 saturated heterocycles.